The van der Waals surface area contributed by atoms with E-state index in [-0.39, 0.29) is 5.41 Å². The first-order chi connectivity index (χ1) is 11.3. The average Bonchev–Trinajstić information content (AvgIpc) is 2.62. The third-order valence-corrected chi connectivity index (χ3v) is 5.35. The van der Waals surface area contributed by atoms with E-state index in [0.717, 1.165) is 32.6 Å². The third kappa shape index (κ3) is 4.25. The molecule has 0 bridgehead atoms. The van der Waals surface area contributed by atoms with Crippen LogP contribution in [0.3, 0.4) is 0 Å². The fourth-order valence-electron chi connectivity index (χ4n) is 3.83. The van der Waals surface area contributed by atoms with Crippen molar-refractivity contribution in [3.8, 4) is 0 Å². The summed E-state index contributed by atoms with van der Waals surface area (Å²) in [6, 6.07) is 11.2. The highest BCUT2D eigenvalue weighted by molar-refractivity contribution is 5.78. The largest absolute Gasteiger partial charge is 0.381 e. The predicted molar refractivity (Wildman–Crippen MR) is 94.7 cm³/mol. The molecule has 1 saturated carbocycles. The molecule has 4 heteroatoms. The van der Waals surface area contributed by atoms with Crippen molar-refractivity contribution in [3.05, 3.63) is 35.9 Å². The van der Waals surface area contributed by atoms with E-state index >= 15 is 0 Å². The normalized spacial score (nSPS) is 22.7. The Morgan fingerprint density at radius 2 is 1.83 bits per heavy atom. The summed E-state index contributed by atoms with van der Waals surface area (Å²) >= 11 is 0. The van der Waals surface area contributed by atoms with Gasteiger partial charge in [-0.1, -0.05) is 49.6 Å². The van der Waals surface area contributed by atoms with Crippen molar-refractivity contribution >= 4 is 5.96 Å². The van der Waals surface area contributed by atoms with Crippen molar-refractivity contribution in [1.29, 1.82) is 0 Å². The topological polar surface area (TPSA) is 59.6 Å². The maximum atomic E-state index is 6.17. The van der Waals surface area contributed by atoms with E-state index in [4.69, 9.17) is 15.5 Å². The average molecular weight is 315 g/mol. The molecule has 1 aromatic carbocycles. The van der Waals surface area contributed by atoms with Crippen LogP contribution in [0, 0.1) is 0 Å². The van der Waals surface area contributed by atoms with Crippen LogP contribution < -0.4 is 11.1 Å². The molecule has 3 N–H and O–H groups in total. The first-order valence-corrected chi connectivity index (χ1v) is 8.98. The Hall–Kier alpha value is -1.55. The van der Waals surface area contributed by atoms with E-state index in [1.54, 1.807) is 0 Å². The summed E-state index contributed by atoms with van der Waals surface area (Å²) in [5.41, 5.74) is 7.59. The smallest absolute Gasteiger partial charge is 0.188 e. The van der Waals surface area contributed by atoms with Gasteiger partial charge in [0.2, 0.25) is 0 Å². The monoisotopic (exact) mass is 315 g/mol. The maximum absolute atomic E-state index is 6.17. The Morgan fingerprint density at radius 1 is 1.13 bits per heavy atom. The molecule has 126 valence electrons. The van der Waals surface area contributed by atoms with Crippen molar-refractivity contribution < 1.29 is 4.74 Å². The number of guanidine groups is 1. The van der Waals surface area contributed by atoms with Crippen LogP contribution in [-0.4, -0.2) is 31.8 Å². The van der Waals surface area contributed by atoms with Crippen LogP contribution in [0.4, 0.5) is 0 Å². The molecular weight excluding hydrogens is 286 g/mol. The van der Waals surface area contributed by atoms with Gasteiger partial charge in [0.1, 0.15) is 0 Å². The number of benzene rings is 1. The fourth-order valence-corrected chi connectivity index (χ4v) is 3.83. The van der Waals surface area contributed by atoms with Gasteiger partial charge in [-0.2, -0.15) is 0 Å². The first-order valence-electron chi connectivity index (χ1n) is 8.98. The lowest BCUT2D eigenvalue weighted by molar-refractivity contribution is 0.0531. The van der Waals surface area contributed by atoms with E-state index in [9.17, 15) is 0 Å². The van der Waals surface area contributed by atoms with E-state index in [0.29, 0.717) is 12.0 Å². The van der Waals surface area contributed by atoms with Crippen molar-refractivity contribution in [2.45, 2.75) is 56.4 Å². The molecule has 0 atom stereocenters. The zero-order valence-corrected chi connectivity index (χ0v) is 14.0. The highest BCUT2D eigenvalue weighted by atomic mass is 16.5. The highest BCUT2D eigenvalue weighted by Crippen LogP contribution is 2.35. The second kappa shape index (κ2) is 7.82. The highest BCUT2D eigenvalue weighted by Gasteiger charge is 2.34. The molecular formula is C19H29N3O. The SMILES string of the molecule is NC(=NCC1(c2ccccc2)CCOCC1)NC1CCCCC1. The lowest BCUT2D eigenvalue weighted by Gasteiger charge is -2.36. The summed E-state index contributed by atoms with van der Waals surface area (Å²) in [7, 11) is 0. The van der Waals surface area contributed by atoms with Gasteiger partial charge in [-0.15, -0.1) is 0 Å². The molecule has 0 spiro atoms. The summed E-state index contributed by atoms with van der Waals surface area (Å²) < 4.78 is 5.58. The molecule has 4 nitrogen and oxygen atoms in total. The molecule has 1 aromatic rings. The zero-order valence-electron chi connectivity index (χ0n) is 14.0. The number of rotatable bonds is 4. The lowest BCUT2D eigenvalue weighted by atomic mass is 9.74. The van der Waals surface area contributed by atoms with Crippen LogP contribution in [0.2, 0.25) is 0 Å². The second-order valence-electron chi connectivity index (χ2n) is 6.94. The van der Waals surface area contributed by atoms with E-state index in [1.807, 2.05) is 0 Å². The molecule has 0 aromatic heterocycles. The van der Waals surface area contributed by atoms with Gasteiger partial charge in [-0.3, -0.25) is 4.99 Å². The molecule has 1 saturated heterocycles. The van der Waals surface area contributed by atoms with E-state index in [1.165, 1.54) is 37.7 Å². The van der Waals surface area contributed by atoms with Gasteiger partial charge in [-0.25, -0.2) is 0 Å². The van der Waals surface area contributed by atoms with Crippen molar-refractivity contribution in [1.82, 2.24) is 5.32 Å². The number of hydrogen-bond donors (Lipinski definition) is 2. The quantitative estimate of drug-likeness (QED) is 0.663. The van der Waals surface area contributed by atoms with Crippen molar-refractivity contribution in [3.63, 3.8) is 0 Å². The number of aliphatic imine (C=N–C) groups is 1. The van der Waals surface area contributed by atoms with Crippen LogP contribution in [0.5, 0.6) is 0 Å². The number of hydrogen-bond acceptors (Lipinski definition) is 2. The number of nitrogens with one attached hydrogen (secondary N) is 1. The summed E-state index contributed by atoms with van der Waals surface area (Å²) in [6.45, 7) is 2.35. The summed E-state index contributed by atoms with van der Waals surface area (Å²) in [6.07, 6.45) is 8.41. The Labute approximate surface area is 139 Å². The Bertz CT molecular complexity index is 503. The van der Waals surface area contributed by atoms with Gasteiger partial charge in [0.05, 0.1) is 6.54 Å². The molecule has 0 unspecified atom stereocenters. The summed E-state index contributed by atoms with van der Waals surface area (Å²) in [5.74, 6) is 0.610. The van der Waals surface area contributed by atoms with Crippen LogP contribution >= 0.6 is 0 Å². The van der Waals surface area contributed by atoms with Crippen LogP contribution in [0.15, 0.2) is 35.3 Å². The molecule has 3 rings (SSSR count). The number of nitrogens with two attached hydrogens (primary N) is 1. The lowest BCUT2D eigenvalue weighted by Crippen LogP contribution is -2.43. The fraction of sp³-hybridized carbons (Fsp3) is 0.632. The van der Waals surface area contributed by atoms with E-state index < -0.39 is 0 Å². The van der Waals surface area contributed by atoms with Gasteiger partial charge in [0, 0.05) is 24.7 Å². The minimum Gasteiger partial charge on any atom is -0.381 e. The summed E-state index contributed by atoms with van der Waals surface area (Å²) in [5, 5.41) is 3.42. The van der Waals surface area contributed by atoms with Gasteiger partial charge in [-0.05, 0) is 31.2 Å². The second-order valence-corrected chi connectivity index (χ2v) is 6.94. The molecule has 2 aliphatic rings. The molecule has 0 radical (unpaired) electrons. The van der Waals surface area contributed by atoms with Crippen LogP contribution in [-0.2, 0) is 10.2 Å². The molecule has 1 heterocycles. The molecule has 1 aliphatic heterocycles. The van der Waals surface area contributed by atoms with Gasteiger partial charge >= 0.3 is 0 Å². The minimum atomic E-state index is 0.0678. The van der Waals surface area contributed by atoms with Gasteiger partial charge in [0.25, 0.3) is 0 Å². The summed E-state index contributed by atoms with van der Waals surface area (Å²) in [4.78, 5) is 4.72. The minimum absolute atomic E-state index is 0.0678. The Balaban J connectivity index is 1.67. The third-order valence-electron chi connectivity index (χ3n) is 5.35. The Morgan fingerprint density at radius 3 is 2.52 bits per heavy atom. The Kier molecular flexibility index (Phi) is 5.55. The standard InChI is InChI=1S/C19H29N3O/c20-18(22-17-9-5-2-6-10-17)21-15-19(11-13-23-14-12-19)16-7-3-1-4-8-16/h1,3-4,7-8,17H,2,5-6,9-15H2,(H3,20,21,22). The molecule has 23 heavy (non-hydrogen) atoms. The zero-order chi connectivity index (χ0) is 16.0. The van der Waals surface area contributed by atoms with Crippen molar-refractivity contribution in [2.75, 3.05) is 19.8 Å². The van der Waals surface area contributed by atoms with E-state index in [2.05, 4.69) is 35.6 Å². The van der Waals surface area contributed by atoms with Crippen molar-refractivity contribution in [2.24, 2.45) is 10.7 Å². The maximum Gasteiger partial charge on any atom is 0.188 e. The first kappa shape index (κ1) is 16.3. The van der Waals surface area contributed by atoms with Crippen LogP contribution in [0.25, 0.3) is 0 Å². The molecule has 2 fully saturated rings. The number of nitrogens with zero attached hydrogens (tertiary/aromatic N) is 1. The van der Waals surface area contributed by atoms with Gasteiger partial charge < -0.3 is 15.8 Å². The molecule has 1 aliphatic carbocycles. The van der Waals surface area contributed by atoms with Crippen LogP contribution in [0.1, 0.15) is 50.5 Å². The predicted octanol–water partition coefficient (Wildman–Crippen LogP) is 2.97. The van der Waals surface area contributed by atoms with Gasteiger partial charge in [0.15, 0.2) is 5.96 Å². The molecule has 0 amide bonds. The number of ether oxygens (including phenoxy) is 1.